The fourth-order valence-electron chi connectivity index (χ4n) is 1.35. The summed E-state index contributed by atoms with van der Waals surface area (Å²) in [5, 5.41) is 0.516. The van der Waals surface area contributed by atoms with Crippen molar-refractivity contribution < 1.29 is 9.47 Å². The summed E-state index contributed by atoms with van der Waals surface area (Å²) < 4.78 is 10.8. The fourth-order valence-corrected chi connectivity index (χ4v) is 1.60. The lowest BCUT2D eigenvalue weighted by Gasteiger charge is -2.22. The van der Waals surface area contributed by atoms with Gasteiger partial charge in [-0.05, 0) is 18.6 Å². The molecule has 1 aliphatic heterocycles. The number of nitrogens with two attached hydrogens (primary N) is 1. The third-order valence-corrected chi connectivity index (χ3v) is 2.30. The maximum absolute atomic E-state index is 5.89. The minimum atomic E-state index is 0.460. The number of benzene rings is 1. The zero-order valence-electron chi connectivity index (χ0n) is 7.26. The third kappa shape index (κ3) is 1.29. The molecule has 4 heteroatoms. The molecule has 13 heavy (non-hydrogen) atoms. The second kappa shape index (κ2) is 3.00. The zero-order chi connectivity index (χ0) is 9.42. The smallest absolute Gasteiger partial charge is 0.186 e. The molecular formula is C9H10ClNO2. The lowest BCUT2D eigenvalue weighted by atomic mass is 10.1. The lowest BCUT2D eigenvalue weighted by molar-refractivity contribution is 0.171. The van der Waals surface area contributed by atoms with Gasteiger partial charge in [-0.1, -0.05) is 11.6 Å². The van der Waals surface area contributed by atoms with Crippen LogP contribution in [0.4, 0.5) is 5.69 Å². The highest BCUT2D eigenvalue weighted by Gasteiger charge is 2.19. The van der Waals surface area contributed by atoms with Crippen LogP contribution in [0.2, 0.25) is 5.02 Å². The Morgan fingerprint density at radius 1 is 1.31 bits per heavy atom. The summed E-state index contributed by atoms with van der Waals surface area (Å²) in [6, 6.07) is 1.78. The van der Waals surface area contributed by atoms with Crippen LogP contribution in [-0.2, 0) is 0 Å². The van der Waals surface area contributed by atoms with E-state index in [4.69, 9.17) is 26.8 Å². The van der Waals surface area contributed by atoms with E-state index in [1.54, 1.807) is 6.07 Å². The standard InChI is InChI=1S/C9H10ClNO2/c1-5-4-6(10)7(11)9-8(5)12-2-3-13-9/h4H,2-3,11H2,1H3. The van der Waals surface area contributed by atoms with E-state index in [0.717, 1.165) is 5.56 Å². The van der Waals surface area contributed by atoms with Gasteiger partial charge in [-0.25, -0.2) is 0 Å². The summed E-state index contributed by atoms with van der Waals surface area (Å²) in [6.07, 6.45) is 0. The molecule has 1 heterocycles. The van der Waals surface area contributed by atoms with Gasteiger partial charge in [0.1, 0.15) is 13.2 Å². The number of hydrogen-bond donors (Lipinski definition) is 1. The molecule has 0 fully saturated rings. The first-order valence-electron chi connectivity index (χ1n) is 4.04. The van der Waals surface area contributed by atoms with Crippen LogP contribution in [0.15, 0.2) is 6.07 Å². The van der Waals surface area contributed by atoms with Crippen molar-refractivity contribution in [2.45, 2.75) is 6.92 Å². The second-order valence-electron chi connectivity index (χ2n) is 2.94. The Bertz CT molecular complexity index is 352. The second-order valence-corrected chi connectivity index (χ2v) is 3.35. The number of hydrogen-bond acceptors (Lipinski definition) is 3. The molecule has 3 nitrogen and oxygen atoms in total. The number of ether oxygens (including phenoxy) is 2. The van der Waals surface area contributed by atoms with Crippen LogP contribution in [0.3, 0.4) is 0 Å². The third-order valence-electron chi connectivity index (χ3n) is 1.99. The van der Waals surface area contributed by atoms with Crippen molar-refractivity contribution in [1.82, 2.24) is 0 Å². The first-order chi connectivity index (χ1) is 6.20. The number of halogens is 1. The average Bonchev–Trinajstić information content (AvgIpc) is 2.15. The average molecular weight is 200 g/mol. The van der Waals surface area contributed by atoms with Gasteiger partial charge in [0.25, 0.3) is 0 Å². The predicted molar refractivity (Wildman–Crippen MR) is 51.6 cm³/mol. The van der Waals surface area contributed by atoms with E-state index >= 15 is 0 Å². The van der Waals surface area contributed by atoms with Crippen molar-refractivity contribution in [1.29, 1.82) is 0 Å². The first kappa shape index (κ1) is 8.51. The van der Waals surface area contributed by atoms with Crippen LogP contribution in [0.25, 0.3) is 0 Å². The zero-order valence-corrected chi connectivity index (χ0v) is 8.02. The fraction of sp³-hybridized carbons (Fsp3) is 0.333. The largest absolute Gasteiger partial charge is 0.486 e. The van der Waals surface area contributed by atoms with E-state index < -0.39 is 0 Å². The van der Waals surface area contributed by atoms with Crippen LogP contribution >= 0.6 is 11.6 Å². The van der Waals surface area contributed by atoms with E-state index in [1.807, 2.05) is 6.92 Å². The molecule has 0 radical (unpaired) electrons. The molecule has 0 aliphatic carbocycles. The molecule has 0 saturated heterocycles. The molecule has 0 spiro atoms. The normalized spacial score (nSPS) is 14.3. The number of rotatable bonds is 0. The molecule has 0 aromatic heterocycles. The minimum Gasteiger partial charge on any atom is -0.486 e. The Kier molecular flexibility index (Phi) is 1.96. The number of fused-ring (bicyclic) bond motifs is 1. The molecule has 0 bridgehead atoms. The molecular weight excluding hydrogens is 190 g/mol. The van der Waals surface area contributed by atoms with Crippen molar-refractivity contribution in [3.8, 4) is 11.5 Å². The summed E-state index contributed by atoms with van der Waals surface area (Å²) in [6.45, 7) is 3.00. The van der Waals surface area contributed by atoms with Gasteiger partial charge in [-0.15, -0.1) is 0 Å². The van der Waals surface area contributed by atoms with E-state index in [1.165, 1.54) is 0 Å². The van der Waals surface area contributed by atoms with Gasteiger partial charge < -0.3 is 15.2 Å². The minimum absolute atomic E-state index is 0.460. The highest BCUT2D eigenvalue weighted by Crippen LogP contribution is 2.42. The Hall–Kier alpha value is -1.09. The topological polar surface area (TPSA) is 44.5 Å². The van der Waals surface area contributed by atoms with Gasteiger partial charge in [0.2, 0.25) is 0 Å². The highest BCUT2D eigenvalue weighted by molar-refractivity contribution is 6.33. The number of aryl methyl sites for hydroxylation is 1. The molecule has 1 aromatic carbocycles. The molecule has 1 aromatic rings. The molecule has 70 valence electrons. The molecule has 0 unspecified atom stereocenters. The molecule has 2 rings (SSSR count). The van der Waals surface area contributed by atoms with Gasteiger partial charge in [-0.2, -0.15) is 0 Å². The quantitative estimate of drug-likeness (QED) is 0.650. The summed E-state index contributed by atoms with van der Waals surface area (Å²) in [7, 11) is 0. The van der Waals surface area contributed by atoms with E-state index in [0.29, 0.717) is 35.4 Å². The van der Waals surface area contributed by atoms with Crippen LogP contribution < -0.4 is 15.2 Å². The highest BCUT2D eigenvalue weighted by atomic mass is 35.5. The maximum atomic E-state index is 5.89. The predicted octanol–water partition coefficient (Wildman–Crippen LogP) is 2.00. The Balaban J connectivity index is 2.63. The van der Waals surface area contributed by atoms with Crippen LogP contribution in [0, 0.1) is 6.92 Å². The monoisotopic (exact) mass is 199 g/mol. The molecule has 1 aliphatic rings. The Morgan fingerprint density at radius 3 is 2.62 bits per heavy atom. The van der Waals surface area contributed by atoms with Crippen molar-refractivity contribution in [3.63, 3.8) is 0 Å². The van der Waals surface area contributed by atoms with Gasteiger partial charge in [0, 0.05) is 0 Å². The summed E-state index contributed by atoms with van der Waals surface area (Å²) in [4.78, 5) is 0. The molecule has 2 N–H and O–H groups in total. The summed E-state index contributed by atoms with van der Waals surface area (Å²) in [5.74, 6) is 1.30. The SMILES string of the molecule is Cc1cc(Cl)c(N)c2c1OCCO2. The van der Waals surface area contributed by atoms with Crippen molar-refractivity contribution in [2.24, 2.45) is 0 Å². The van der Waals surface area contributed by atoms with Crippen LogP contribution in [0.1, 0.15) is 5.56 Å². The van der Waals surface area contributed by atoms with Crippen LogP contribution in [0.5, 0.6) is 11.5 Å². The Labute approximate surface area is 81.4 Å². The summed E-state index contributed by atoms with van der Waals surface area (Å²) in [5.41, 5.74) is 7.15. The van der Waals surface area contributed by atoms with Gasteiger partial charge in [0.15, 0.2) is 11.5 Å². The summed E-state index contributed by atoms with van der Waals surface area (Å²) >= 11 is 5.89. The van der Waals surface area contributed by atoms with Crippen LogP contribution in [-0.4, -0.2) is 13.2 Å². The van der Waals surface area contributed by atoms with Gasteiger partial charge in [0.05, 0.1) is 10.7 Å². The van der Waals surface area contributed by atoms with Crippen molar-refractivity contribution in [3.05, 3.63) is 16.7 Å². The molecule has 0 saturated carbocycles. The van der Waals surface area contributed by atoms with E-state index in [9.17, 15) is 0 Å². The maximum Gasteiger partial charge on any atom is 0.186 e. The molecule has 0 amide bonds. The number of anilines is 1. The molecule has 0 atom stereocenters. The van der Waals surface area contributed by atoms with Crippen molar-refractivity contribution in [2.75, 3.05) is 18.9 Å². The van der Waals surface area contributed by atoms with Gasteiger partial charge >= 0.3 is 0 Å². The van der Waals surface area contributed by atoms with Gasteiger partial charge in [-0.3, -0.25) is 0 Å². The van der Waals surface area contributed by atoms with Crippen molar-refractivity contribution >= 4 is 17.3 Å². The van der Waals surface area contributed by atoms with E-state index in [-0.39, 0.29) is 0 Å². The first-order valence-corrected chi connectivity index (χ1v) is 4.42. The number of nitrogen functional groups attached to an aromatic ring is 1. The van der Waals surface area contributed by atoms with E-state index in [2.05, 4.69) is 0 Å². The lowest BCUT2D eigenvalue weighted by Crippen LogP contribution is -2.17. The Morgan fingerprint density at radius 2 is 1.92 bits per heavy atom.